The Balaban J connectivity index is 4.66. The normalized spacial score (nSPS) is 15.8. The minimum atomic E-state index is -0.609. The molecule has 0 amide bonds. The van der Waals surface area contributed by atoms with Gasteiger partial charge in [0.2, 0.25) is 0 Å². The molecule has 0 bridgehead atoms. The van der Waals surface area contributed by atoms with E-state index in [0.717, 1.165) is 0 Å². The molecule has 0 heterocycles. The van der Waals surface area contributed by atoms with Crippen LogP contribution in [0.2, 0.25) is 0 Å². The van der Waals surface area contributed by atoms with E-state index in [1.165, 1.54) is 0 Å². The third kappa shape index (κ3) is 6.94. The minimum Gasteiger partial charge on any atom is -0.465 e. The van der Waals surface area contributed by atoms with Gasteiger partial charge in [0.25, 0.3) is 0 Å². The zero-order valence-electron chi connectivity index (χ0n) is 12.2. The highest BCUT2D eigenvalue weighted by Gasteiger charge is 2.36. The summed E-state index contributed by atoms with van der Waals surface area (Å²) < 4.78 is 5.30. The fourth-order valence-corrected chi connectivity index (χ4v) is 2.37. The van der Waals surface area contributed by atoms with Gasteiger partial charge in [0.1, 0.15) is 5.54 Å². The van der Waals surface area contributed by atoms with Crippen LogP contribution in [0.1, 0.15) is 48.5 Å². The SMILES string of the molecule is CCOC(=O)C(C)(CSC(C)(C)C)NC(C)C. The third-order valence-corrected chi connectivity index (χ3v) is 3.71. The van der Waals surface area contributed by atoms with Crippen LogP contribution in [0.25, 0.3) is 0 Å². The number of carbonyl (C=O) groups excluding carboxylic acids is 1. The maximum absolute atomic E-state index is 12.0. The molecule has 4 heteroatoms. The van der Waals surface area contributed by atoms with Crippen LogP contribution in [0.15, 0.2) is 0 Å². The number of thioether (sulfide) groups is 1. The first-order valence-electron chi connectivity index (χ1n) is 6.19. The van der Waals surface area contributed by atoms with E-state index in [4.69, 9.17) is 4.74 Å². The predicted octanol–water partition coefficient (Wildman–Crippen LogP) is 2.84. The Kier molecular flexibility index (Phi) is 6.56. The summed E-state index contributed by atoms with van der Waals surface area (Å²) in [5.74, 6) is 0.554. The zero-order valence-corrected chi connectivity index (χ0v) is 13.0. The first-order chi connectivity index (χ1) is 7.60. The number of hydrogen-bond acceptors (Lipinski definition) is 4. The maximum atomic E-state index is 12.0. The lowest BCUT2D eigenvalue weighted by molar-refractivity contribution is -0.149. The molecule has 0 fully saturated rings. The van der Waals surface area contributed by atoms with E-state index in [1.807, 2.05) is 27.7 Å². The molecule has 0 aromatic heterocycles. The quantitative estimate of drug-likeness (QED) is 0.746. The second-order valence-corrected chi connectivity index (χ2v) is 7.55. The number of hydrogen-bond donors (Lipinski definition) is 1. The summed E-state index contributed by atoms with van der Waals surface area (Å²) in [6.07, 6.45) is 0. The van der Waals surface area contributed by atoms with Crippen molar-refractivity contribution in [2.45, 2.75) is 64.8 Å². The summed E-state index contributed by atoms with van der Waals surface area (Å²) in [5.41, 5.74) is -0.609. The summed E-state index contributed by atoms with van der Waals surface area (Å²) >= 11 is 1.77. The summed E-state index contributed by atoms with van der Waals surface area (Å²) in [7, 11) is 0. The van der Waals surface area contributed by atoms with Crippen LogP contribution < -0.4 is 5.32 Å². The van der Waals surface area contributed by atoms with E-state index in [9.17, 15) is 4.79 Å². The summed E-state index contributed by atoms with van der Waals surface area (Å²) in [4.78, 5) is 12.0. The van der Waals surface area contributed by atoms with E-state index in [2.05, 4.69) is 26.1 Å². The Labute approximate surface area is 110 Å². The van der Waals surface area contributed by atoms with Crippen LogP contribution in [0, 0.1) is 0 Å². The lowest BCUT2D eigenvalue weighted by atomic mass is 10.0. The van der Waals surface area contributed by atoms with Gasteiger partial charge in [-0.25, -0.2) is 0 Å². The van der Waals surface area contributed by atoms with Crippen molar-refractivity contribution in [2.24, 2.45) is 0 Å². The average Bonchev–Trinajstić information content (AvgIpc) is 2.13. The fraction of sp³-hybridized carbons (Fsp3) is 0.923. The number of esters is 1. The molecule has 3 nitrogen and oxygen atoms in total. The Hall–Kier alpha value is -0.220. The molecule has 0 aliphatic carbocycles. The van der Waals surface area contributed by atoms with Gasteiger partial charge in [-0.3, -0.25) is 10.1 Å². The third-order valence-electron chi connectivity index (χ3n) is 2.13. The number of rotatable bonds is 6. The van der Waals surface area contributed by atoms with E-state index in [0.29, 0.717) is 12.4 Å². The fourth-order valence-electron chi connectivity index (χ4n) is 1.45. The average molecular weight is 261 g/mol. The molecule has 0 saturated heterocycles. The van der Waals surface area contributed by atoms with Crippen molar-refractivity contribution in [3.05, 3.63) is 0 Å². The molecular formula is C13H27NO2S. The van der Waals surface area contributed by atoms with Crippen molar-refractivity contribution < 1.29 is 9.53 Å². The molecule has 102 valence electrons. The highest BCUT2D eigenvalue weighted by molar-refractivity contribution is 8.00. The lowest BCUT2D eigenvalue weighted by Gasteiger charge is -2.32. The second-order valence-electron chi connectivity index (χ2n) is 5.75. The van der Waals surface area contributed by atoms with Crippen LogP contribution in [-0.4, -0.2) is 34.7 Å². The van der Waals surface area contributed by atoms with Gasteiger partial charge in [-0.1, -0.05) is 20.8 Å². The highest BCUT2D eigenvalue weighted by atomic mass is 32.2. The van der Waals surface area contributed by atoms with Crippen molar-refractivity contribution in [2.75, 3.05) is 12.4 Å². The van der Waals surface area contributed by atoms with E-state index in [1.54, 1.807) is 11.8 Å². The van der Waals surface area contributed by atoms with Gasteiger partial charge >= 0.3 is 5.97 Å². The van der Waals surface area contributed by atoms with Gasteiger partial charge in [0.05, 0.1) is 6.61 Å². The lowest BCUT2D eigenvalue weighted by Crippen LogP contribution is -2.55. The Bertz CT molecular complexity index is 248. The molecule has 0 spiro atoms. The van der Waals surface area contributed by atoms with Crippen molar-refractivity contribution in [1.82, 2.24) is 5.32 Å². The van der Waals surface area contributed by atoms with Crippen LogP contribution in [0.5, 0.6) is 0 Å². The summed E-state index contributed by atoms with van der Waals surface area (Å²) in [6, 6.07) is 0.255. The molecule has 0 rings (SSSR count). The molecular weight excluding hydrogens is 234 g/mol. The van der Waals surface area contributed by atoms with Crippen LogP contribution in [-0.2, 0) is 9.53 Å². The van der Waals surface area contributed by atoms with Crippen molar-refractivity contribution in [3.63, 3.8) is 0 Å². The van der Waals surface area contributed by atoms with Crippen molar-refractivity contribution in [3.8, 4) is 0 Å². The van der Waals surface area contributed by atoms with E-state index >= 15 is 0 Å². The molecule has 0 saturated carbocycles. The van der Waals surface area contributed by atoms with Gasteiger partial charge in [-0.05, 0) is 27.7 Å². The number of carbonyl (C=O) groups is 1. The molecule has 17 heavy (non-hydrogen) atoms. The van der Waals surface area contributed by atoms with Gasteiger partial charge in [-0.15, -0.1) is 0 Å². The smallest absolute Gasteiger partial charge is 0.326 e. The van der Waals surface area contributed by atoms with Gasteiger partial charge in [0.15, 0.2) is 0 Å². The molecule has 0 aliphatic heterocycles. The zero-order chi connectivity index (χ0) is 13.7. The van der Waals surface area contributed by atoms with Crippen molar-refractivity contribution >= 4 is 17.7 Å². The topological polar surface area (TPSA) is 38.3 Å². The van der Waals surface area contributed by atoms with E-state index in [-0.39, 0.29) is 16.8 Å². The summed E-state index contributed by atoms with van der Waals surface area (Å²) in [5, 5.41) is 3.32. The highest BCUT2D eigenvalue weighted by Crippen LogP contribution is 2.27. The second kappa shape index (κ2) is 6.64. The van der Waals surface area contributed by atoms with Gasteiger partial charge in [-0.2, -0.15) is 11.8 Å². The molecule has 0 aliphatic rings. The maximum Gasteiger partial charge on any atom is 0.326 e. The van der Waals surface area contributed by atoms with Gasteiger partial charge < -0.3 is 4.74 Å². The molecule has 1 N–H and O–H groups in total. The molecule has 0 radical (unpaired) electrons. The Morgan fingerprint density at radius 2 is 1.82 bits per heavy atom. The number of ether oxygens (including phenoxy) is 1. The molecule has 0 aromatic rings. The van der Waals surface area contributed by atoms with Crippen LogP contribution in [0.4, 0.5) is 0 Å². The molecule has 1 atom stereocenters. The molecule has 0 aromatic carbocycles. The predicted molar refractivity (Wildman–Crippen MR) is 75.5 cm³/mol. The van der Waals surface area contributed by atoms with Gasteiger partial charge in [0, 0.05) is 16.5 Å². The standard InChI is InChI=1S/C13H27NO2S/c1-8-16-11(15)13(7,14-10(2)3)9-17-12(4,5)6/h10,14H,8-9H2,1-7H3. The minimum absolute atomic E-state index is 0.145. The summed E-state index contributed by atoms with van der Waals surface area (Å²) in [6.45, 7) is 14.7. The number of nitrogens with one attached hydrogen (secondary N) is 1. The molecule has 1 unspecified atom stereocenters. The van der Waals surface area contributed by atoms with E-state index < -0.39 is 5.54 Å². The van der Waals surface area contributed by atoms with Crippen LogP contribution in [0.3, 0.4) is 0 Å². The first-order valence-corrected chi connectivity index (χ1v) is 7.18. The van der Waals surface area contributed by atoms with Crippen molar-refractivity contribution in [1.29, 1.82) is 0 Å². The Morgan fingerprint density at radius 1 is 1.29 bits per heavy atom. The first kappa shape index (κ1) is 16.8. The Morgan fingerprint density at radius 3 is 2.18 bits per heavy atom. The monoisotopic (exact) mass is 261 g/mol. The largest absolute Gasteiger partial charge is 0.465 e. The van der Waals surface area contributed by atoms with Crippen LogP contribution >= 0.6 is 11.8 Å².